The van der Waals surface area contributed by atoms with Gasteiger partial charge in [0, 0.05) is 5.39 Å². The number of halogens is 1. The van der Waals surface area contributed by atoms with Gasteiger partial charge in [0.05, 0.1) is 12.1 Å². The predicted molar refractivity (Wildman–Crippen MR) is 74.4 cm³/mol. The zero-order valence-electron chi connectivity index (χ0n) is 10.6. The van der Waals surface area contributed by atoms with Crippen molar-refractivity contribution in [3.63, 3.8) is 0 Å². The van der Waals surface area contributed by atoms with Crippen molar-refractivity contribution in [2.75, 3.05) is 5.73 Å². The fraction of sp³-hybridized carbons (Fsp3) is 0.133. The summed E-state index contributed by atoms with van der Waals surface area (Å²) in [5, 5.41) is 5.26. The Hall–Kier alpha value is -2.36. The highest BCUT2D eigenvalue weighted by molar-refractivity contribution is 5.89. The zero-order chi connectivity index (χ0) is 13.4. The molecule has 0 amide bonds. The van der Waals surface area contributed by atoms with Crippen molar-refractivity contribution < 1.29 is 4.39 Å². The molecule has 0 fully saturated rings. The molecule has 0 bridgehead atoms. The number of aryl methyl sites for hydroxylation is 1. The van der Waals surface area contributed by atoms with E-state index in [1.807, 2.05) is 35.9 Å². The quantitative estimate of drug-likeness (QED) is 0.764. The van der Waals surface area contributed by atoms with E-state index in [4.69, 9.17) is 5.73 Å². The van der Waals surface area contributed by atoms with E-state index in [9.17, 15) is 4.39 Å². The van der Waals surface area contributed by atoms with Gasteiger partial charge >= 0.3 is 0 Å². The molecule has 3 aromatic rings. The Morgan fingerprint density at radius 1 is 1.21 bits per heavy atom. The lowest BCUT2D eigenvalue weighted by Crippen LogP contribution is -2.04. The Balaban J connectivity index is 2.08. The third-order valence-corrected chi connectivity index (χ3v) is 3.32. The average Bonchev–Trinajstić information content (AvgIpc) is 2.72. The maximum Gasteiger partial charge on any atom is 0.153 e. The van der Waals surface area contributed by atoms with E-state index < -0.39 is 0 Å². The largest absolute Gasteiger partial charge is 0.382 e. The third-order valence-electron chi connectivity index (χ3n) is 3.32. The Morgan fingerprint density at radius 3 is 2.84 bits per heavy atom. The summed E-state index contributed by atoms with van der Waals surface area (Å²) in [5.74, 6) is 0.273. The molecule has 4 heteroatoms. The first-order valence-electron chi connectivity index (χ1n) is 6.11. The van der Waals surface area contributed by atoms with Crippen LogP contribution in [0, 0.1) is 12.7 Å². The van der Waals surface area contributed by atoms with Crippen molar-refractivity contribution in [3.8, 4) is 0 Å². The van der Waals surface area contributed by atoms with Crippen LogP contribution in [-0.2, 0) is 6.54 Å². The Kier molecular flexibility index (Phi) is 2.71. The first kappa shape index (κ1) is 11.7. The number of anilines is 1. The molecule has 0 aliphatic rings. The predicted octanol–water partition coefficient (Wildman–Crippen LogP) is 3.11. The second-order valence-electron chi connectivity index (χ2n) is 4.63. The molecule has 0 aliphatic heterocycles. The van der Waals surface area contributed by atoms with E-state index in [1.54, 1.807) is 12.1 Å². The minimum atomic E-state index is -0.231. The number of nitrogen functional groups attached to an aromatic ring is 1. The lowest BCUT2D eigenvalue weighted by molar-refractivity contribution is 0.620. The number of benzene rings is 2. The van der Waals surface area contributed by atoms with E-state index in [0.29, 0.717) is 12.4 Å². The summed E-state index contributed by atoms with van der Waals surface area (Å²) in [4.78, 5) is 0. The number of hydrogen-bond acceptors (Lipinski definition) is 2. The molecule has 0 atom stereocenters. The number of fused-ring (bicyclic) bond motifs is 1. The fourth-order valence-corrected chi connectivity index (χ4v) is 2.25. The molecule has 2 aromatic carbocycles. The summed E-state index contributed by atoms with van der Waals surface area (Å²) in [6.07, 6.45) is 0. The SMILES string of the molecule is Cc1ccc(F)cc1Cn1nc(N)c2ccccc21. The first-order valence-corrected chi connectivity index (χ1v) is 6.11. The molecule has 96 valence electrons. The summed E-state index contributed by atoms with van der Waals surface area (Å²) < 4.78 is 15.1. The minimum Gasteiger partial charge on any atom is -0.382 e. The highest BCUT2D eigenvalue weighted by Crippen LogP contribution is 2.21. The van der Waals surface area contributed by atoms with Crippen LogP contribution in [-0.4, -0.2) is 9.78 Å². The lowest BCUT2D eigenvalue weighted by atomic mass is 10.1. The van der Waals surface area contributed by atoms with E-state index >= 15 is 0 Å². The van der Waals surface area contributed by atoms with Crippen LogP contribution in [0.1, 0.15) is 11.1 Å². The van der Waals surface area contributed by atoms with Gasteiger partial charge in [0.2, 0.25) is 0 Å². The molecule has 3 rings (SSSR count). The van der Waals surface area contributed by atoms with E-state index in [0.717, 1.165) is 22.0 Å². The number of para-hydroxylation sites is 1. The summed E-state index contributed by atoms with van der Waals surface area (Å²) in [6, 6.07) is 12.6. The van der Waals surface area contributed by atoms with Crippen molar-refractivity contribution in [1.29, 1.82) is 0 Å². The molecule has 0 radical (unpaired) electrons. The molecule has 2 N–H and O–H groups in total. The monoisotopic (exact) mass is 255 g/mol. The van der Waals surface area contributed by atoms with Crippen LogP contribution < -0.4 is 5.73 Å². The second-order valence-corrected chi connectivity index (χ2v) is 4.63. The highest BCUT2D eigenvalue weighted by atomic mass is 19.1. The van der Waals surface area contributed by atoms with Crippen LogP contribution in [0.4, 0.5) is 10.2 Å². The third kappa shape index (κ3) is 2.05. The number of nitrogens with zero attached hydrogens (tertiary/aromatic N) is 2. The highest BCUT2D eigenvalue weighted by Gasteiger charge is 2.09. The standard InChI is InChI=1S/C15H14FN3/c1-10-6-7-12(16)8-11(10)9-19-14-5-3-2-4-13(14)15(17)18-19/h2-8H,9H2,1H3,(H2,17,18). The smallest absolute Gasteiger partial charge is 0.153 e. The normalized spacial score (nSPS) is 11.1. The molecule has 0 saturated heterocycles. The van der Waals surface area contributed by atoms with Crippen molar-refractivity contribution in [2.24, 2.45) is 0 Å². The van der Waals surface area contributed by atoms with Crippen LogP contribution in [0.2, 0.25) is 0 Å². The Labute approximate surface area is 110 Å². The van der Waals surface area contributed by atoms with E-state index in [-0.39, 0.29) is 5.82 Å². The van der Waals surface area contributed by atoms with Crippen LogP contribution >= 0.6 is 0 Å². The van der Waals surface area contributed by atoms with Crippen LogP contribution in [0.15, 0.2) is 42.5 Å². The Morgan fingerprint density at radius 2 is 2.00 bits per heavy atom. The topological polar surface area (TPSA) is 43.8 Å². The van der Waals surface area contributed by atoms with Crippen molar-refractivity contribution >= 4 is 16.7 Å². The average molecular weight is 255 g/mol. The Bertz CT molecular complexity index is 746. The van der Waals surface area contributed by atoms with Gasteiger partial charge in [-0.1, -0.05) is 18.2 Å². The fourth-order valence-electron chi connectivity index (χ4n) is 2.25. The molecule has 19 heavy (non-hydrogen) atoms. The summed E-state index contributed by atoms with van der Waals surface area (Å²) in [7, 11) is 0. The molecule has 0 spiro atoms. The number of rotatable bonds is 2. The lowest BCUT2D eigenvalue weighted by Gasteiger charge is -2.07. The van der Waals surface area contributed by atoms with Gasteiger partial charge < -0.3 is 5.73 Å². The van der Waals surface area contributed by atoms with Crippen molar-refractivity contribution in [3.05, 3.63) is 59.4 Å². The van der Waals surface area contributed by atoms with Gasteiger partial charge in [0.25, 0.3) is 0 Å². The van der Waals surface area contributed by atoms with Crippen LogP contribution in [0.5, 0.6) is 0 Å². The molecule has 1 aromatic heterocycles. The second kappa shape index (κ2) is 4.39. The zero-order valence-corrected chi connectivity index (χ0v) is 10.6. The number of hydrogen-bond donors (Lipinski definition) is 1. The summed E-state index contributed by atoms with van der Waals surface area (Å²) in [6.45, 7) is 2.48. The van der Waals surface area contributed by atoms with Crippen LogP contribution in [0.25, 0.3) is 10.9 Å². The molecule has 0 unspecified atom stereocenters. The number of nitrogens with two attached hydrogens (primary N) is 1. The van der Waals surface area contributed by atoms with Crippen molar-refractivity contribution in [1.82, 2.24) is 9.78 Å². The molecule has 1 heterocycles. The van der Waals surface area contributed by atoms with Gasteiger partial charge in [-0.2, -0.15) is 5.10 Å². The van der Waals surface area contributed by atoms with Gasteiger partial charge in [-0.3, -0.25) is 4.68 Å². The molecular formula is C15H14FN3. The van der Waals surface area contributed by atoms with Crippen molar-refractivity contribution in [2.45, 2.75) is 13.5 Å². The van der Waals surface area contributed by atoms with Gasteiger partial charge in [-0.25, -0.2) is 4.39 Å². The molecular weight excluding hydrogens is 241 g/mol. The summed E-state index contributed by atoms with van der Waals surface area (Å²) in [5.41, 5.74) is 8.81. The molecule has 0 aliphatic carbocycles. The minimum absolute atomic E-state index is 0.231. The van der Waals surface area contributed by atoms with E-state index in [1.165, 1.54) is 6.07 Å². The van der Waals surface area contributed by atoms with Gasteiger partial charge in [-0.15, -0.1) is 0 Å². The summed E-state index contributed by atoms with van der Waals surface area (Å²) >= 11 is 0. The van der Waals surface area contributed by atoms with Gasteiger partial charge in [0.1, 0.15) is 5.82 Å². The van der Waals surface area contributed by atoms with Gasteiger partial charge in [-0.05, 0) is 42.3 Å². The van der Waals surface area contributed by atoms with E-state index in [2.05, 4.69) is 5.10 Å². The first-order chi connectivity index (χ1) is 9.15. The van der Waals surface area contributed by atoms with Gasteiger partial charge in [0.15, 0.2) is 5.82 Å². The maximum atomic E-state index is 13.3. The van der Waals surface area contributed by atoms with Crippen LogP contribution in [0.3, 0.4) is 0 Å². The molecule has 3 nitrogen and oxygen atoms in total. The molecule has 0 saturated carbocycles. The maximum absolute atomic E-state index is 13.3. The number of aromatic nitrogens is 2.